The highest BCUT2D eigenvalue weighted by molar-refractivity contribution is 6.28. The highest BCUT2D eigenvalue weighted by Crippen LogP contribution is 2.50. The summed E-state index contributed by atoms with van der Waals surface area (Å²) in [4.78, 5) is 0. The monoisotopic (exact) mass is 577 g/mol. The van der Waals surface area contributed by atoms with Gasteiger partial charge in [0.05, 0.1) is 6.85 Å². The van der Waals surface area contributed by atoms with Gasteiger partial charge in [-0.3, -0.25) is 0 Å². The van der Waals surface area contributed by atoms with Gasteiger partial charge in [0.25, 0.3) is 0 Å². The van der Waals surface area contributed by atoms with Crippen LogP contribution in [0.15, 0.2) is 174 Å². The van der Waals surface area contributed by atoms with E-state index in [0.29, 0.717) is 5.56 Å². The summed E-state index contributed by atoms with van der Waals surface area (Å²) in [6.07, 6.45) is 0. The molecule has 0 aliphatic heterocycles. The van der Waals surface area contributed by atoms with Crippen molar-refractivity contribution in [2.45, 2.75) is 0 Å². The number of furan rings is 1. The van der Waals surface area contributed by atoms with E-state index in [2.05, 4.69) is 78.9 Å². The van der Waals surface area contributed by atoms with Gasteiger partial charge in [-0.15, -0.1) is 0 Å². The lowest BCUT2D eigenvalue weighted by atomic mass is 9.81. The molecule has 1 heteroatoms. The van der Waals surface area contributed by atoms with E-state index >= 15 is 0 Å². The number of hydrogen-bond acceptors (Lipinski definition) is 1. The number of fused-ring (bicyclic) bond motifs is 5. The topological polar surface area (TPSA) is 13.1 Å². The Morgan fingerprint density at radius 1 is 0.356 bits per heavy atom. The third-order valence-electron chi connectivity index (χ3n) is 8.78. The Labute approximate surface area is 268 Å². The predicted molar refractivity (Wildman–Crippen MR) is 190 cm³/mol. The van der Waals surface area contributed by atoms with Crippen molar-refractivity contribution in [3.05, 3.63) is 170 Å². The SMILES string of the molecule is [2H]c1c([2H])c([2H])c(-c2ccccc2-c2c3ccccc3c(-c3c(-c4ccccc4)ccc4oc5ccccc5c34)c3ccccc23)c([2H])c1[2H]. The van der Waals surface area contributed by atoms with Gasteiger partial charge in [0.1, 0.15) is 11.2 Å². The molecule has 0 aliphatic carbocycles. The van der Waals surface area contributed by atoms with Gasteiger partial charge in [-0.2, -0.15) is 0 Å². The van der Waals surface area contributed by atoms with Gasteiger partial charge in [-0.05, 0) is 72.6 Å². The lowest BCUT2D eigenvalue weighted by molar-refractivity contribution is 0.669. The van der Waals surface area contributed by atoms with Crippen molar-refractivity contribution in [2.75, 3.05) is 0 Å². The summed E-state index contributed by atoms with van der Waals surface area (Å²) < 4.78 is 49.2. The van der Waals surface area contributed by atoms with E-state index in [9.17, 15) is 0 Å². The minimum absolute atomic E-state index is 0.185. The Morgan fingerprint density at radius 2 is 0.911 bits per heavy atom. The standard InChI is InChI=1S/C44H28O/c1-3-15-29(16-4-1)31-19-7-8-20-33(31)41-34-21-9-11-23-36(34)42(37-24-12-10-22-35(37)41)44-32(30-17-5-2-6-18-30)27-28-40-43(44)38-25-13-14-26-39(38)45-40/h1-28H/i1D,3D,4D,15D,16D. The summed E-state index contributed by atoms with van der Waals surface area (Å²) >= 11 is 0. The maximum atomic E-state index is 8.86. The summed E-state index contributed by atoms with van der Waals surface area (Å²) in [5, 5.41) is 6.14. The average Bonchev–Trinajstić information content (AvgIpc) is 3.55. The van der Waals surface area contributed by atoms with Gasteiger partial charge < -0.3 is 4.42 Å². The van der Waals surface area contributed by atoms with Crippen molar-refractivity contribution in [1.29, 1.82) is 0 Å². The summed E-state index contributed by atoms with van der Waals surface area (Å²) in [6, 6.07) is 45.6. The van der Waals surface area contributed by atoms with Crippen molar-refractivity contribution in [3.63, 3.8) is 0 Å². The van der Waals surface area contributed by atoms with Gasteiger partial charge in [0.15, 0.2) is 0 Å². The molecular weight excluding hydrogens is 544 g/mol. The second-order valence-electron chi connectivity index (χ2n) is 11.2. The molecule has 0 unspecified atom stereocenters. The van der Waals surface area contributed by atoms with Crippen molar-refractivity contribution in [3.8, 4) is 44.5 Å². The molecule has 1 nitrogen and oxygen atoms in total. The maximum absolute atomic E-state index is 8.86. The molecule has 0 aliphatic rings. The van der Waals surface area contributed by atoms with Crippen LogP contribution in [0.5, 0.6) is 0 Å². The van der Waals surface area contributed by atoms with E-state index in [4.69, 9.17) is 11.3 Å². The third kappa shape index (κ3) is 4.02. The van der Waals surface area contributed by atoms with Crippen LogP contribution in [0.2, 0.25) is 0 Å². The quantitative estimate of drug-likeness (QED) is 0.190. The molecule has 45 heavy (non-hydrogen) atoms. The molecule has 0 spiro atoms. The Bertz CT molecular complexity index is 2730. The molecule has 0 saturated carbocycles. The van der Waals surface area contributed by atoms with Gasteiger partial charge in [0, 0.05) is 16.3 Å². The van der Waals surface area contributed by atoms with Crippen LogP contribution in [-0.2, 0) is 0 Å². The van der Waals surface area contributed by atoms with Crippen LogP contribution in [-0.4, -0.2) is 0 Å². The highest BCUT2D eigenvalue weighted by Gasteiger charge is 2.24. The molecule has 9 rings (SSSR count). The third-order valence-corrected chi connectivity index (χ3v) is 8.78. The minimum atomic E-state index is -0.406. The number of benzene rings is 8. The average molecular weight is 578 g/mol. The fourth-order valence-electron chi connectivity index (χ4n) is 6.93. The van der Waals surface area contributed by atoms with E-state index in [0.717, 1.165) is 76.9 Å². The molecule has 1 aromatic heterocycles. The molecule has 9 aromatic rings. The first-order chi connectivity index (χ1) is 24.4. The number of para-hydroxylation sites is 1. The highest BCUT2D eigenvalue weighted by atomic mass is 16.3. The molecule has 0 N–H and O–H groups in total. The fraction of sp³-hybridized carbons (Fsp3) is 0. The Hall–Kier alpha value is -5.92. The van der Waals surface area contributed by atoms with E-state index in [-0.39, 0.29) is 29.7 Å². The Kier molecular flexibility index (Phi) is 4.81. The molecule has 0 radical (unpaired) electrons. The first-order valence-electron chi connectivity index (χ1n) is 17.5. The van der Waals surface area contributed by atoms with E-state index in [1.807, 2.05) is 60.7 Å². The van der Waals surface area contributed by atoms with Crippen LogP contribution >= 0.6 is 0 Å². The van der Waals surface area contributed by atoms with Gasteiger partial charge in [-0.25, -0.2) is 0 Å². The van der Waals surface area contributed by atoms with Crippen LogP contribution in [0.1, 0.15) is 6.85 Å². The zero-order chi connectivity index (χ0) is 34.1. The number of hydrogen-bond donors (Lipinski definition) is 0. The van der Waals surface area contributed by atoms with Crippen LogP contribution in [0.3, 0.4) is 0 Å². The largest absolute Gasteiger partial charge is 0.456 e. The Balaban J connectivity index is 1.47. The van der Waals surface area contributed by atoms with Crippen LogP contribution in [0, 0.1) is 0 Å². The molecule has 0 bridgehead atoms. The zero-order valence-electron chi connectivity index (χ0n) is 29.2. The lowest BCUT2D eigenvalue weighted by Gasteiger charge is -2.21. The lowest BCUT2D eigenvalue weighted by Crippen LogP contribution is -1.94. The molecule has 210 valence electrons. The molecular formula is C44H28O. The van der Waals surface area contributed by atoms with E-state index < -0.39 is 6.04 Å². The van der Waals surface area contributed by atoms with Crippen molar-refractivity contribution < 1.29 is 11.3 Å². The first kappa shape index (κ1) is 20.9. The second-order valence-corrected chi connectivity index (χ2v) is 11.2. The molecule has 0 fully saturated rings. The smallest absolute Gasteiger partial charge is 0.136 e. The van der Waals surface area contributed by atoms with Crippen LogP contribution < -0.4 is 0 Å². The maximum Gasteiger partial charge on any atom is 0.136 e. The van der Waals surface area contributed by atoms with Gasteiger partial charge in [0.2, 0.25) is 0 Å². The summed E-state index contributed by atoms with van der Waals surface area (Å²) in [7, 11) is 0. The summed E-state index contributed by atoms with van der Waals surface area (Å²) in [6.45, 7) is 0. The van der Waals surface area contributed by atoms with E-state index in [1.54, 1.807) is 0 Å². The number of rotatable bonds is 4. The van der Waals surface area contributed by atoms with Gasteiger partial charge >= 0.3 is 0 Å². The van der Waals surface area contributed by atoms with Crippen molar-refractivity contribution in [2.24, 2.45) is 0 Å². The van der Waals surface area contributed by atoms with Gasteiger partial charge in [-0.1, -0.05) is 158 Å². The predicted octanol–water partition coefficient (Wildman–Crippen LogP) is 12.6. The zero-order valence-corrected chi connectivity index (χ0v) is 24.2. The fourth-order valence-corrected chi connectivity index (χ4v) is 6.93. The van der Waals surface area contributed by atoms with Crippen molar-refractivity contribution in [1.82, 2.24) is 0 Å². The summed E-state index contributed by atoms with van der Waals surface area (Å²) in [5.41, 5.74) is 8.48. The molecule has 8 aromatic carbocycles. The van der Waals surface area contributed by atoms with E-state index in [1.165, 1.54) is 0 Å². The van der Waals surface area contributed by atoms with Crippen molar-refractivity contribution >= 4 is 43.5 Å². The molecule has 1 heterocycles. The van der Waals surface area contributed by atoms with Crippen LogP contribution in [0.4, 0.5) is 0 Å². The molecule has 0 saturated heterocycles. The summed E-state index contributed by atoms with van der Waals surface area (Å²) in [5.74, 6) is 0. The minimum Gasteiger partial charge on any atom is -0.456 e. The Morgan fingerprint density at radius 3 is 1.60 bits per heavy atom. The normalized spacial score (nSPS) is 13.1. The first-order valence-corrected chi connectivity index (χ1v) is 15.0. The molecule has 0 atom stereocenters. The van der Waals surface area contributed by atoms with Crippen LogP contribution in [0.25, 0.3) is 88.0 Å². The second kappa shape index (κ2) is 10.4. The molecule has 0 amide bonds.